The SMILES string of the molecule is COc1cc(C(=O)NC2CCN(C)CC2)c(C)cc1Nc1ncc(C(F)(F)F)c(NCc2ccc(C)cc2N(C)S(C)(=O)=O)n1. The molecule has 0 bridgehead atoms. The number of piperidine rings is 1. The molecule has 3 N–H and O–H groups in total. The van der Waals surface area contributed by atoms with Crippen LogP contribution in [-0.4, -0.2) is 75.8 Å². The van der Waals surface area contributed by atoms with Crippen molar-refractivity contribution >= 4 is 39.1 Å². The number of likely N-dealkylation sites (tertiary alicyclic amines) is 1. The molecule has 0 radical (unpaired) electrons. The van der Waals surface area contributed by atoms with Crippen LogP contribution in [0.4, 0.5) is 36.3 Å². The van der Waals surface area contributed by atoms with Crippen LogP contribution in [0.2, 0.25) is 0 Å². The van der Waals surface area contributed by atoms with Crippen LogP contribution in [0.5, 0.6) is 5.75 Å². The van der Waals surface area contributed by atoms with Crippen molar-refractivity contribution < 1.29 is 31.1 Å². The third kappa shape index (κ3) is 8.34. The molecule has 1 aliphatic heterocycles. The highest BCUT2D eigenvalue weighted by molar-refractivity contribution is 7.92. The van der Waals surface area contributed by atoms with Gasteiger partial charge in [0.25, 0.3) is 5.91 Å². The number of carbonyl (C=O) groups excluding carboxylic acids is 1. The molecule has 0 spiro atoms. The van der Waals surface area contributed by atoms with Crippen LogP contribution < -0.4 is 25.0 Å². The molecule has 45 heavy (non-hydrogen) atoms. The second kappa shape index (κ2) is 13.5. The highest BCUT2D eigenvalue weighted by atomic mass is 32.2. The molecule has 0 saturated carbocycles. The summed E-state index contributed by atoms with van der Waals surface area (Å²) in [5.41, 5.74) is 1.85. The van der Waals surface area contributed by atoms with Gasteiger partial charge in [-0.15, -0.1) is 0 Å². The lowest BCUT2D eigenvalue weighted by Crippen LogP contribution is -2.43. The van der Waals surface area contributed by atoms with E-state index in [0.29, 0.717) is 34.3 Å². The van der Waals surface area contributed by atoms with Crippen molar-refractivity contribution in [2.45, 2.75) is 45.5 Å². The van der Waals surface area contributed by atoms with Gasteiger partial charge in [-0.25, -0.2) is 13.4 Å². The number of aryl methyl sites for hydroxylation is 2. The number of halogens is 3. The number of aromatic nitrogens is 2. The number of hydrogen-bond acceptors (Lipinski definition) is 9. The van der Waals surface area contributed by atoms with E-state index in [1.54, 1.807) is 44.2 Å². The Balaban J connectivity index is 1.60. The number of alkyl halides is 3. The van der Waals surface area contributed by atoms with Gasteiger partial charge in [-0.05, 0) is 81.7 Å². The van der Waals surface area contributed by atoms with E-state index in [4.69, 9.17) is 4.74 Å². The van der Waals surface area contributed by atoms with Crippen LogP contribution in [0.15, 0.2) is 36.5 Å². The van der Waals surface area contributed by atoms with Gasteiger partial charge in [-0.2, -0.15) is 18.2 Å². The van der Waals surface area contributed by atoms with Gasteiger partial charge in [0, 0.05) is 31.4 Å². The lowest BCUT2D eigenvalue weighted by molar-refractivity contribution is -0.137. The Hall–Kier alpha value is -4.11. The molecular formula is C30H38F3N7O4S. The summed E-state index contributed by atoms with van der Waals surface area (Å²) in [5, 5.41) is 8.70. The maximum absolute atomic E-state index is 13.9. The van der Waals surface area contributed by atoms with Crippen LogP contribution >= 0.6 is 0 Å². The number of benzene rings is 2. The minimum atomic E-state index is -4.77. The summed E-state index contributed by atoms with van der Waals surface area (Å²) >= 11 is 0. The first-order valence-electron chi connectivity index (χ1n) is 14.2. The Kier molecular flexibility index (Phi) is 10.1. The molecule has 244 valence electrons. The fourth-order valence-corrected chi connectivity index (χ4v) is 5.52. The molecule has 1 aromatic heterocycles. The van der Waals surface area contributed by atoms with Crippen molar-refractivity contribution in [1.82, 2.24) is 20.2 Å². The highest BCUT2D eigenvalue weighted by Crippen LogP contribution is 2.36. The fourth-order valence-electron chi connectivity index (χ4n) is 4.99. The number of methoxy groups -OCH3 is 1. The lowest BCUT2D eigenvalue weighted by atomic mass is 10.0. The third-order valence-electron chi connectivity index (χ3n) is 7.71. The fraction of sp³-hybridized carbons (Fsp3) is 0.433. The summed E-state index contributed by atoms with van der Waals surface area (Å²) in [6, 6.07) is 8.30. The van der Waals surface area contributed by atoms with Crippen molar-refractivity contribution in [3.63, 3.8) is 0 Å². The highest BCUT2D eigenvalue weighted by Gasteiger charge is 2.35. The van der Waals surface area contributed by atoms with Gasteiger partial charge in [-0.3, -0.25) is 9.10 Å². The van der Waals surface area contributed by atoms with Gasteiger partial charge < -0.3 is 25.6 Å². The van der Waals surface area contributed by atoms with Crippen molar-refractivity contribution in [3.8, 4) is 5.75 Å². The summed E-state index contributed by atoms with van der Waals surface area (Å²) < 4.78 is 72.8. The Morgan fingerprint density at radius 3 is 2.47 bits per heavy atom. The number of hydrogen-bond donors (Lipinski definition) is 3. The molecule has 1 amide bonds. The average Bonchev–Trinajstić information content (AvgIpc) is 2.96. The zero-order chi connectivity index (χ0) is 33.1. The molecule has 11 nitrogen and oxygen atoms in total. The molecule has 3 aromatic rings. The number of nitrogens with zero attached hydrogens (tertiary/aromatic N) is 4. The monoisotopic (exact) mass is 649 g/mol. The van der Waals surface area contributed by atoms with Crippen LogP contribution in [0.3, 0.4) is 0 Å². The zero-order valence-electron chi connectivity index (χ0n) is 26.0. The quantitative estimate of drug-likeness (QED) is 0.286. The van der Waals surface area contributed by atoms with Gasteiger partial charge in [0.1, 0.15) is 17.1 Å². The van der Waals surface area contributed by atoms with Gasteiger partial charge in [0.2, 0.25) is 16.0 Å². The normalized spacial score (nSPS) is 14.6. The third-order valence-corrected chi connectivity index (χ3v) is 8.90. The first kappa shape index (κ1) is 33.8. The number of sulfonamides is 1. The van der Waals surface area contributed by atoms with Crippen molar-refractivity contribution in [2.24, 2.45) is 0 Å². The molecular weight excluding hydrogens is 611 g/mol. The first-order valence-corrected chi connectivity index (χ1v) is 16.1. The molecule has 1 aliphatic rings. The van der Waals surface area contributed by atoms with E-state index < -0.39 is 27.6 Å². The molecule has 0 aliphatic carbocycles. The standard InChI is InChI=1S/C30H38F3N7O4S/c1-18-7-8-20(25(13-18)40(4)45(6,42)43)16-34-27-23(30(31,32)33)17-35-29(38-27)37-24-14-19(2)22(15-26(24)44-5)28(41)36-21-9-11-39(3)12-10-21/h7-8,13-15,17,21H,9-12,16H2,1-6H3,(H,36,41)(H2,34,35,37,38). The zero-order valence-corrected chi connectivity index (χ0v) is 26.9. The number of nitrogens with one attached hydrogen (secondary N) is 3. The summed E-state index contributed by atoms with van der Waals surface area (Å²) in [4.78, 5) is 23.3. The van der Waals surface area contributed by atoms with E-state index >= 15 is 0 Å². The van der Waals surface area contributed by atoms with E-state index in [0.717, 1.165) is 42.1 Å². The summed E-state index contributed by atoms with van der Waals surface area (Å²) in [7, 11) is 1.21. The smallest absolute Gasteiger partial charge is 0.421 e. The second-order valence-electron chi connectivity index (χ2n) is 11.2. The molecule has 0 atom stereocenters. The van der Waals surface area contributed by atoms with Crippen LogP contribution in [0, 0.1) is 13.8 Å². The van der Waals surface area contributed by atoms with E-state index in [1.165, 1.54) is 14.2 Å². The summed E-state index contributed by atoms with van der Waals surface area (Å²) in [6.45, 7) is 5.17. The first-order chi connectivity index (χ1) is 21.1. The number of ether oxygens (including phenoxy) is 1. The van der Waals surface area contributed by atoms with E-state index in [9.17, 15) is 26.4 Å². The Labute approximate surface area is 261 Å². The predicted octanol–water partition coefficient (Wildman–Crippen LogP) is 4.70. The number of rotatable bonds is 10. The molecule has 0 unspecified atom stereocenters. The maximum Gasteiger partial charge on any atom is 0.421 e. The summed E-state index contributed by atoms with van der Waals surface area (Å²) in [6.07, 6.45) is -1.36. The number of amides is 1. The maximum atomic E-state index is 13.9. The Morgan fingerprint density at radius 1 is 1.16 bits per heavy atom. The molecule has 2 heterocycles. The second-order valence-corrected chi connectivity index (χ2v) is 13.2. The largest absolute Gasteiger partial charge is 0.495 e. The van der Waals surface area contributed by atoms with Crippen LogP contribution in [-0.2, 0) is 22.7 Å². The Bertz CT molecular complexity index is 1660. The predicted molar refractivity (Wildman–Crippen MR) is 168 cm³/mol. The van der Waals surface area contributed by atoms with Crippen molar-refractivity contribution in [1.29, 1.82) is 0 Å². The molecule has 1 fully saturated rings. The van der Waals surface area contributed by atoms with Crippen molar-refractivity contribution in [2.75, 3.05) is 55.5 Å². The van der Waals surface area contributed by atoms with Crippen LogP contribution in [0.25, 0.3) is 0 Å². The average molecular weight is 650 g/mol. The summed E-state index contributed by atoms with van der Waals surface area (Å²) in [5.74, 6) is -0.608. The lowest BCUT2D eigenvalue weighted by Gasteiger charge is -2.29. The molecule has 2 aromatic carbocycles. The van der Waals surface area contributed by atoms with Gasteiger partial charge in [-0.1, -0.05) is 12.1 Å². The van der Waals surface area contributed by atoms with Gasteiger partial charge >= 0.3 is 6.18 Å². The number of carbonyl (C=O) groups is 1. The van der Waals surface area contributed by atoms with Gasteiger partial charge in [0.05, 0.1) is 24.7 Å². The minimum Gasteiger partial charge on any atom is -0.495 e. The van der Waals surface area contributed by atoms with Crippen molar-refractivity contribution in [3.05, 3.63) is 64.3 Å². The van der Waals surface area contributed by atoms with E-state index in [1.807, 2.05) is 7.05 Å². The van der Waals surface area contributed by atoms with E-state index in [-0.39, 0.29) is 30.2 Å². The number of anilines is 4. The van der Waals surface area contributed by atoms with Crippen LogP contribution in [0.1, 0.15) is 45.5 Å². The van der Waals surface area contributed by atoms with Gasteiger partial charge in [0.15, 0.2) is 0 Å². The topological polar surface area (TPSA) is 129 Å². The minimum absolute atomic E-state index is 0.0612. The molecule has 1 saturated heterocycles. The Morgan fingerprint density at radius 2 is 1.84 bits per heavy atom. The molecule has 4 rings (SSSR count). The molecule has 15 heteroatoms. The van der Waals surface area contributed by atoms with E-state index in [2.05, 4.69) is 30.8 Å².